The second-order valence-electron chi connectivity index (χ2n) is 5.89. The number of aliphatic hydroxyl groups is 1. The maximum atomic E-state index is 12.3. The predicted octanol–water partition coefficient (Wildman–Crippen LogP) is 1.33. The lowest BCUT2D eigenvalue weighted by Crippen LogP contribution is -2.37. The third-order valence-corrected chi connectivity index (χ3v) is 5.26. The number of aliphatic hydroxyl groups excluding tert-OH is 1. The van der Waals surface area contributed by atoms with Gasteiger partial charge < -0.3 is 10.4 Å². The summed E-state index contributed by atoms with van der Waals surface area (Å²) in [7, 11) is 0. The number of aromatic nitrogens is 1. The van der Waals surface area contributed by atoms with Crippen molar-refractivity contribution >= 4 is 29.0 Å². The van der Waals surface area contributed by atoms with Gasteiger partial charge in [-0.1, -0.05) is 6.92 Å². The maximum Gasteiger partial charge on any atom is 0.280 e. The Balaban J connectivity index is 1.78. The molecule has 6 nitrogen and oxygen atoms in total. The highest BCUT2D eigenvalue weighted by Gasteiger charge is 2.37. The van der Waals surface area contributed by atoms with Crippen LogP contribution in [0.1, 0.15) is 47.3 Å². The summed E-state index contributed by atoms with van der Waals surface area (Å²) >= 11 is 1.36. The molecule has 0 radical (unpaired) electrons. The number of rotatable bonds is 5. The van der Waals surface area contributed by atoms with Gasteiger partial charge in [-0.3, -0.25) is 14.5 Å². The molecular weight excluding hydrogens is 302 g/mol. The van der Waals surface area contributed by atoms with Crippen LogP contribution in [0.15, 0.2) is 0 Å². The van der Waals surface area contributed by atoms with Crippen LogP contribution in [0.3, 0.4) is 0 Å². The van der Waals surface area contributed by atoms with Crippen molar-refractivity contribution in [1.82, 2.24) is 10.3 Å². The molecule has 2 heterocycles. The Kier molecular flexibility index (Phi) is 4.44. The van der Waals surface area contributed by atoms with Crippen LogP contribution in [0.25, 0.3) is 0 Å². The van der Waals surface area contributed by atoms with Crippen molar-refractivity contribution in [2.24, 2.45) is 5.92 Å². The number of amides is 2. The van der Waals surface area contributed by atoms with Gasteiger partial charge in [0.15, 0.2) is 5.01 Å². The first kappa shape index (κ1) is 15.4. The second kappa shape index (κ2) is 6.34. The molecule has 1 aliphatic heterocycles. The van der Waals surface area contributed by atoms with Gasteiger partial charge in [-0.15, -0.1) is 11.3 Å². The number of aryl methyl sites for hydroxylation is 1. The van der Waals surface area contributed by atoms with Crippen molar-refractivity contribution < 1.29 is 14.7 Å². The van der Waals surface area contributed by atoms with E-state index < -0.39 is 0 Å². The first-order chi connectivity index (χ1) is 10.6. The van der Waals surface area contributed by atoms with E-state index in [1.165, 1.54) is 11.3 Å². The quantitative estimate of drug-likeness (QED) is 0.856. The molecule has 0 saturated heterocycles. The molecule has 2 N–H and O–H groups in total. The van der Waals surface area contributed by atoms with Gasteiger partial charge in [-0.25, -0.2) is 4.98 Å². The number of carbonyl (C=O) groups excluding carboxylic acids is 2. The van der Waals surface area contributed by atoms with E-state index in [0.717, 1.165) is 30.6 Å². The molecule has 120 valence electrons. The lowest BCUT2D eigenvalue weighted by atomic mass is 10.1. The molecule has 1 saturated carbocycles. The summed E-state index contributed by atoms with van der Waals surface area (Å²) in [5.74, 6) is 0.721. The van der Waals surface area contributed by atoms with Crippen LogP contribution < -0.4 is 10.2 Å². The molecule has 1 aliphatic carbocycles. The molecule has 7 heteroatoms. The van der Waals surface area contributed by atoms with E-state index in [0.29, 0.717) is 23.8 Å². The van der Waals surface area contributed by atoms with Crippen LogP contribution in [0.4, 0.5) is 5.82 Å². The van der Waals surface area contributed by atoms with Crippen LogP contribution in [0.5, 0.6) is 0 Å². The maximum absolute atomic E-state index is 12.3. The highest BCUT2D eigenvalue weighted by molar-refractivity contribution is 7.14. The standard InChI is InChI=1S/C15H21N3O3S/c1-2-10(8-19)16-13(20)14-17-12-11(22-14)4-3-7-18(12)15(21)9-5-6-9/h9-10,19H,2-8H2,1H3,(H,16,20)/t10-/m0/s1. The summed E-state index contributed by atoms with van der Waals surface area (Å²) in [5.41, 5.74) is 0. The lowest BCUT2D eigenvalue weighted by Gasteiger charge is -2.25. The molecule has 2 aliphatic rings. The summed E-state index contributed by atoms with van der Waals surface area (Å²) in [6.07, 6.45) is 4.39. The SMILES string of the molecule is CC[C@@H](CO)NC(=O)c1nc2c(s1)CCCN2C(=O)C1CC1. The molecule has 1 aromatic rings. The number of thiazole rings is 1. The molecular formula is C15H21N3O3S. The number of nitrogens with one attached hydrogen (secondary N) is 1. The molecule has 22 heavy (non-hydrogen) atoms. The van der Waals surface area contributed by atoms with Gasteiger partial charge in [0.2, 0.25) is 5.91 Å². The van der Waals surface area contributed by atoms with E-state index in [2.05, 4.69) is 10.3 Å². The molecule has 3 rings (SSSR count). The summed E-state index contributed by atoms with van der Waals surface area (Å²) in [6.45, 7) is 2.52. The van der Waals surface area contributed by atoms with Crippen LogP contribution in [-0.4, -0.2) is 41.1 Å². The van der Waals surface area contributed by atoms with E-state index in [-0.39, 0.29) is 30.4 Å². The average Bonchev–Trinajstić information content (AvgIpc) is 3.29. The number of hydrogen-bond acceptors (Lipinski definition) is 5. The van der Waals surface area contributed by atoms with Gasteiger partial charge >= 0.3 is 0 Å². The van der Waals surface area contributed by atoms with E-state index in [9.17, 15) is 14.7 Å². The first-order valence-electron chi connectivity index (χ1n) is 7.86. The van der Waals surface area contributed by atoms with Crippen molar-refractivity contribution in [2.75, 3.05) is 18.1 Å². The summed E-state index contributed by atoms with van der Waals surface area (Å²) < 4.78 is 0. The van der Waals surface area contributed by atoms with Crippen molar-refractivity contribution in [3.05, 3.63) is 9.88 Å². The summed E-state index contributed by atoms with van der Waals surface area (Å²) in [4.78, 5) is 31.8. The normalized spacial score (nSPS) is 18.7. The Morgan fingerprint density at radius 1 is 1.50 bits per heavy atom. The molecule has 0 bridgehead atoms. The fourth-order valence-corrected chi connectivity index (χ4v) is 3.62. The lowest BCUT2D eigenvalue weighted by molar-refractivity contribution is -0.119. The van der Waals surface area contributed by atoms with E-state index in [1.54, 1.807) is 4.90 Å². The Morgan fingerprint density at radius 3 is 2.91 bits per heavy atom. The topological polar surface area (TPSA) is 82.5 Å². The van der Waals surface area contributed by atoms with Crippen molar-refractivity contribution in [3.8, 4) is 0 Å². The first-order valence-corrected chi connectivity index (χ1v) is 8.68. The molecule has 1 aromatic heterocycles. The molecule has 0 aromatic carbocycles. The third-order valence-electron chi connectivity index (χ3n) is 4.15. The number of anilines is 1. The van der Waals surface area contributed by atoms with Gasteiger partial charge in [-0.05, 0) is 32.1 Å². The minimum Gasteiger partial charge on any atom is -0.394 e. The second-order valence-corrected chi connectivity index (χ2v) is 6.98. The zero-order valence-corrected chi connectivity index (χ0v) is 13.5. The smallest absolute Gasteiger partial charge is 0.280 e. The fraction of sp³-hybridized carbons (Fsp3) is 0.667. The van der Waals surface area contributed by atoms with Gasteiger partial charge in [-0.2, -0.15) is 0 Å². The van der Waals surface area contributed by atoms with Gasteiger partial charge in [0, 0.05) is 17.3 Å². The molecule has 0 spiro atoms. The van der Waals surface area contributed by atoms with E-state index >= 15 is 0 Å². The minimum absolute atomic E-state index is 0.0837. The van der Waals surface area contributed by atoms with Gasteiger partial charge in [0.1, 0.15) is 5.82 Å². The number of carbonyl (C=O) groups is 2. The Hall–Kier alpha value is -1.47. The van der Waals surface area contributed by atoms with Crippen LogP contribution in [0, 0.1) is 5.92 Å². The van der Waals surface area contributed by atoms with Crippen molar-refractivity contribution in [3.63, 3.8) is 0 Å². The Bertz CT molecular complexity index is 579. The molecule has 0 unspecified atom stereocenters. The van der Waals surface area contributed by atoms with Gasteiger partial charge in [0.05, 0.1) is 12.6 Å². The van der Waals surface area contributed by atoms with E-state index in [4.69, 9.17) is 0 Å². The van der Waals surface area contributed by atoms with Crippen LogP contribution in [0.2, 0.25) is 0 Å². The Labute approximate surface area is 133 Å². The minimum atomic E-state index is -0.265. The van der Waals surface area contributed by atoms with Crippen LogP contribution in [-0.2, 0) is 11.2 Å². The highest BCUT2D eigenvalue weighted by atomic mass is 32.1. The Morgan fingerprint density at radius 2 is 2.27 bits per heavy atom. The highest BCUT2D eigenvalue weighted by Crippen LogP contribution is 2.37. The van der Waals surface area contributed by atoms with Crippen molar-refractivity contribution in [2.45, 2.75) is 45.1 Å². The predicted molar refractivity (Wildman–Crippen MR) is 84.1 cm³/mol. The molecule has 1 atom stereocenters. The molecule has 2 amide bonds. The van der Waals surface area contributed by atoms with Crippen LogP contribution >= 0.6 is 11.3 Å². The third kappa shape index (κ3) is 3.01. The van der Waals surface area contributed by atoms with Gasteiger partial charge in [0.25, 0.3) is 5.91 Å². The number of hydrogen-bond donors (Lipinski definition) is 2. The molecule has 1 fully saturated rings. The zero-order valence-electron chi connectivity index (χ0n) is 12.7. The number of nitrogens with zero attached hydrogens (tertiary/aromatic N) is 2. The number of fused-ring (bicyclic) bond motifs is 1. The largest absolute Gasteiger partial charge is 0.394 e. The van der Waals surface area contributed by atoms with E-state index in [1.807, 2.05) is 6.92 Å². The van der Waals surface area contributed by atoms with Crippen molar-refractivity contribution in [1.29, 1.82) is 0 Å². The average molecular weight is 323 g/mol. The summed E-state index contributed by atoms with van der Waals surface area (Å²) in [6, 6.07) is -0.252. The monoisotopic (exact) mass is 323 g/mol. The zero-order chi connectivity index (χ0) is 15.7. The summed E-state index contributed by atoms with van der Waals surface area (Å²) in [5, 5.41) is 12.3. The fourth-order valence-electron chi connectivity index (χ4n) is 2.61.